The molecule has 0 aromatic carbocycles. The first-order valence-electron chi connectivity index (χ1n) is 14.7. The topological polar surface area (TPSA) is 147 Å². The number of tetrazole rings is 1. The van der Waals surface area contributed by atoms with Gasteiger partial charge in [-0.25, -0.2) is 15.0 Å². The molecule has 0 atom stereocenters. The van der Waals surface area contributed by atoms with E-state index in [0.717, 1.165) is 72.6 Å². The third-order valence-corrected chi connectivity index (χ3v) is 8.15. The molecule has 2 fully saturated rings. The van der Waals surface area contributed by atoms with Crippen molar-refractivity contribution in [3.63, 3.8) is 0 Å². The number of hydrogen-bond donors (Lipinski definition) is 1. The predicted molar refractivity (Wildman–Crippen MR) is 159 cm³/mol. The summed E-state index contributed by atoms with van der Waals surface area (Å²) < 4.78 is 14.2. The maximum atomic E-state index is 6.65. The van der Waals surface area contributed by atoms with Crippen LogP contribution in [0.3, 0.4) is 0 Å². The van der Waals surface area contributed by atoms with Crippen molar-refractivity contribution in [2.75, 3.05) is 36.5 Å². The molecule has 1 saturated carbocycles. The van der Waals surface area contributed by atoms with Crippen LogP contribution in [0.15, 0.2) is 43.0 Å². The maximum absolute atomic E-state index is 6.65. The number of imidazole rings is 1. The molecule has 0 radical (unpaired) electrons. The van der Waals surface area contributed by atoms with Gasteiger partial charge < -0.3 is 24.3 Å². The highest BCUT2D eigenvalue weighted by molar-refractivity contribution is 5.88. The minimum atomic E-state index is 0.0374. The van der Waals surface area contributed by atoms with E-state index in [1.54, 1.807) is 23.4 Å². The van der Waals surface area contributed by atoms with Crippen molar-refractivity contribution in [3.8, 4) is 17.3 Å². The summed E-state index contributed by atoms with van der Waals surface area (Å²) >= 11 is 0. The Hall–Kier alpha value is -4.72. The lowest BCUT2D eigenvalue weighted by atomic mass is 9.93. The van der Waals surface area contributed by atoms with Gasteiger partial charge in [-0.1, -0.05) is 0 Å². The summed E-state index contributed by atoms with van der Waals surface area (Å²) in [5.41, 5.74) is 2.56. The Balaban J connectivity index is 1.14. The van der Waals surface area contributed by atoms with E-state index in [1.165, 1.54) is 0 Å². The first-order chi connectivity index (χ1) is 21.1. The minimum Gasteiger partial charge on any atom is -0.474 e. The molecule has 1 aliphatic carbocycles. The van der Waals surface area contributed by atoms with Crippen molar-refractivity contribution in [2.24, 2.45) is 7.05 Å². The molecule has 1 aliphatic heterocycles. The van der Waals surface area contributed by atoms with Crippen LogP contribution in [0.5, 0.6) is 5.88 Å². The summed E-state index contributed by atoms with van der Waals surface area (Å²) in [7, 11) is 1.98. The van der Waals surface area contributed by atoms with Gasteiger partial charge in [0.1, 0.15) is 24.3 Å². The standard InChI is InChI=1S/C29H34N12O2/c1-19-32-17-22(39(19)2)18-41-37-27(36-38-41)20-14-24-25(33-16-20)15-26(40-10-12-42-13-11-40)35-28(24)43-23-6-4-21(5-7-23)34-29-30-8-3-9-31-29/h3,8-9,14-17,21,23H,4-7,10-13,18H2,1-2H3,(H,30,31,34). The van der Waals surface area contributed by atoms with Crippen molar-refractivity contribution in [2.45, 2.75) is 51.3 Å². The summed E-state index contributed by atoms with van der Waals surface area (Å²) in [5, 5.41) is 17.5. The average Bonchev–Trinajstić information content (AvgIpc) is 3.65. The Bertz CT molecular complexity index is 1690. The fourth-order valence-corrected chi connectivity index (χ4v) is 5.55. The first-order valence-corrected chi connectivity index (χ1v) is 14.7. The molecule has 0 spiro atoms. The monoisotopic (exact) mass is 582 g/mol. The van der Waals surface area contributed by atoms with E-state index in [0.29, 0.717) is 43.5 Å². The number of aryl methyl sites for hydroxylation is 1. The van der Waals surface area contributed by atoms with Crippen molar-refractivity contribution < 1.29 is 9.47 Å². The second-order valence-electron chi connectivity index (χ2n) is 11.0. The molecule has 0 bridgehead atoms. The highest BCUT2D eigenvalue weighted by atomic mass is 16.5. The van der Waals surface area contributed by atoms with E-state index in [2.05, 4.69) is 40.6 Å². The Morgan fingerprint density at radius 2 is 1.81 bits per heavy atom. The molecule has 6 heterocycles. The highest BCUT2D eigenvalue weighted by Crippen LogP contribution is 2.33. The Morgan fingerprint density at radius 1 is 1.00 bits per heavy atom. The van der Waals surface area contributed by atoms with Crippen LogP contribution in [0, 0.1) is 6.92 Å². The quantitative estimate of drug-likeness (QED) is 0.287. The molecule has 14 nitrogen and oxygen atoms in total. The van der Waals surface area contributed by atoms with Crippen LogP contribution < -0.4 is 15.0 Å². The van der Waals surface area contributed by atoms with Gasteiger partial charge in [-0.05, 0) is 50.0 Å². The number of nitrogens with one attached hydrogen (secondary N) is 1. The first kappa shape index (κ1) is 27.1. The van der Waals surface area contributed by atoms with E-state index in [-0.39, 0.29) is 6.10 Å². The number of rotatable bonds is 8. The van der Waals surface area contributed by atoms with Crippen LogP contribution in [-0.2, 0) is 18.3 Å². The van der Waals surface area contributed by atoms with Gasteiger partial charge in [0.2, 0.25) is 17.7 Å². The largest absolute Gasteiger partial charge is 0.474 e. The molecule has 5 aromatic heterocycles. The molecular formula is C29H34N12O2. The van der Waals surface area contributed by atoms with E-state index >= 15 is 0 Å². The zero-order chi connectivity index (χ0) is 29.2. The normalized spacial score (nSPS) is 19.1. The van der Waals surface area contributed by atoms with E-state index in [9.17, 15) is 0 Å². The van der Waals surface area contributed by atoms with Crippen LogP contribution in [0.2, 0.25) is 0 Å². The molecule has 7 rings (SSSR count). The van der Waals surface area contributed by atoms with Crippen LogP contribution in [0.25, 0.3) is 22.3 Å². The number of hydrogen-bond acceptors (Lipinski definition) is 12. The zero-order valence-electron chi connectivity index (χ0n) is 24.3. The lowest BCUT2D eigenvalue weighted by Crippen LogP contribution is -2.37. The fraction of sp³-hybridized carbons (Fsp3) is 0.448. The molecular weight excluding hydrogens is 548 g/mol. The number of anilines is 2. The van der Waals surface area contributed by atoms with Crippen molar-refractivity contribution in [1.29, 1.82) is 0 Å². The van der Waals surface area contributed by atoms with Gasteiger partial charge in [0.05, 0.1) is 36.0 Å². The summed E-state index contributed by atoms with van der Waals surface area (Å²) in [6, 6.07) is 6.15. The Morgan fingerprint density at radius 3 is 2.58 bits per heavy atom. The summed E-state index contributed by atoms with van der Waals surface area (Å²) in [6.07, 6.45) is 10.9. The summed E-state index contributed by atoms with van der Waals surface area (Å²) in [6.45, 7) is 5.33. The molecule has 5 aromatic rings. The summed E-state index contributed by atoms with van der Waals surface area (Å²) in [5.74, 6) is 3.51. The van der Waals surface area contributed by atoms with E-state index < -0.39 is 0 Å². The number of ether oxygens (including phenoxy) is 2. The minimum absolute atomic E-state index is 0.0374. The summed E-state index contributed by atoms with van der Waals surface area (Å²) in [4.78, 5) is 26.6. The smallest absolute Gasteiger partial charge is 0.225 e. The van der Waals surface area contributed by atoms with E-state index in [1.807, 2.05) is 42.9 Å². The van der Waals surface area contributed by atoms with Gasteiger partial charge in [0, 0.05) is 56.4 Å². The van der Waals surface area contributed by atoms with Crippen molar-refractivity contribution in [1.82, 2.24) is 49.7 Å². The number of morpholine rings is 1. The average molecular weight is 583 g/mol. The van der Waals surface area contributed by atoms with Crippen LogP contribution in [0.4, 0.5) is 11.8 Å². The third kappa shape index (κ3) is 5.95. The van der Waals surface area contributed by atoms with Gasteiger partial charge >= 0.3 is 0 Å². The van der Waals surface area contributed by atoms with E-state index in [4.69, 9.17) is 19.4 Å². The van der Waals surface area contributed by atoms with Gasteiger partial charge in [-0.3, -0.25) is 4.98 Å². The third-order valence-electron chi connectivity index (χ3n) is 8.15. The second-order valence-corrected chi connectivity index (χ2v) is 11.0. The zero-order valence-corrected chi connectivity index (χ0v) is 24.3. The lowest BCUT2D eigenvalue weighted by Gasteiger charge is -2.31. The molecule has 43 heavy (non-hydrogen) atoms. The molecule has 1 saturated heterocycles. The number of fused-ring (bicyclic) bond motifs is 1. The Labute approximate surface area is 248 Å². The van der Waals surface area contributed by atoms with Crippen LogP contribution in [-0.4, -0.2) is 88.1 Å². The van der Waals surface area contributed by atoms with Gasteiger partial charge in [0.15, 0.2) is 0 Å². The van der Waals surface area contributed by atoms with Crippen LogP contribution in [0.1, 0.15) is 37.2 Å². The second kappa shape index (κ2) is 11.9. The maximum Gasteiger partial charge on any atom is 0.225 e. The number of nitrogens with zero attached hydrogens (tertiary/aromatic N) is 11. The molecule has 0 unspecified atom stereocenters. The molecule has 2 aliphatic rings. The van der Waals surface area contributed by atoms with Crippen molar-refractivity contribution >= 4 is 22.7 Å². The fourth-order valence-electron chi connectivity index (χ4n) is 5.55. The molecule has 14 heteroatoms. The molecule has 1 N–H and O–H groups in total. The lowest BCUT2D eigenvalue weighted by molar-refractivity contribution is 0.122. The Kier molecular flexibility index (Phi) is 7.49. The SMILES string of the molecule is Cc1ncc(Cn2nnc(-c3cnc4cc(N5CCOCC5)nc(OC5CCC(Nc6ncccn6)CC5)c4c3)n2)n1C. The van der Waals surface area contributed by atoms with Crippen molar-refractivity contribution in [3.05, 3.63) is 54.5 Å². The number of pyridine rings is 2. The molecule has 0 amide bonds. The van der Waals surface area contributed by atoms with Gasteiger partial charge in [-0.15, -0.1) is 10.2 Å². The number of aromatic nitrogens is 10. The van der Waals surface area contributed by atoms with Gasteiger partial charge in [-0.2, -0.15) is 9.78 Å². The highest BCUT2D eigenvalue weighted by Gasteiger charge is 2.25. The van der Waals surface area contributed by atoms with Gasteiger partial charge in [0.25, 0.3) is 0 Å². The predicted octanol–water partition coefficient (Wildman–Crippen LogP) is 2.80. The molecule has 222 valence electrons. The van der Waals surface area contributed by atoms with Crippen LogP contribution >= 0.6 is 0 Å².